The van der Waals surface area contributed by atoms with Crippen LogP contribution < -0.4 is 10.5 Å². The number of benzene rings is 1. The molecular formula is C17H26FNO. The summed E-state index contributed by atoms with van der Waals surface area (Å²) in [5.41, 5.74) is 6.78. The fraction of sp³-hybridized carbons (Fsp3) is 0.647. The lowest BCUT2D eigenvalue weighted by Crippen LogP contribution is -2.40. The predicted molar refractivity (Wildman–Crippen MR) is 80.4 cm³/mol. The van der Waals surface area contributed by atoms with Crippen LogP contribution in [0.1, 0.15) is 70.4 Å². The molecule has 2 N–H and O–H groups in total. The van der Waals surface area contributed by atoms with E-state index in [1.54, 1.807) is 6.07 Å². The Hall–Kier alpha value is -1.09. The predicted octanol–water partition coefficient (Wildman–Crippen LogP) is 4.73. The lowest BCUT2D eigenvalue weighted by molar-refractivity contribution is 0.0428. The van der Waals surface area contributed by atoms with Gasteiger partial charge in [0.15, 0.2) is 0 Å². The molecule has 2 rings (SSSR count). The molecule has 1 aromatic rings. The molecule has 0 saturated carbocycles. The van der Waals surface area contributed by atoms with Crippen molar-refractivity contribution in [3.63, 3.8) is 0 Å². The van der Waals surface area contributed by atoms with E-state index in [2.05, 4.69) is 13.8 Å². The maximum atomic E-state index is 13.3. The summed E-state index contributed by atoms with van der Waals surface area (Å²) in [6.07, 6.45) is 8.05. The number of halogens is 1. The summed E-state index contributed by atoms with van der Waals surface area (Å²) in [6.45, 7) is 4.35. The van der Waals surface area contributed by atoms with Crippen molar-refractivity contribution in [2.45, 2.75) is 70.4 Å². The molecule has 2 unspecified atom stereocenters. The first-order valence-electron chi connectivity index (χ1n) is 7.78. The van der Waals surface area contributed by atoms with Crippen molar-refractivity contribution in [1.82, 2.24) is 0 Å². The van der Waals surface area contributed by atoms with Gasteiger partial charge in [0.25, 0.3) is 0 Å². The van der Waals surface area contributed by atoms with Crippen LogP contribution in [0.4, 0.5) is 4.39 Å². The topological polar surface area (TPSA) is 35.2 Å². The Morgan fingerprint density at radius 2 is 2.05 bits per heavy atom. The molecule has 1 aliphatic rings. The minimum Gasteiger partial charge on any atom is -0.487 e. The van der Waals surface area contributed by atoms with Crippen molar-refractivity contribution in [1.29, 1.82) is 0 Å². The van der Waals surface area contributed by atoms with E-state index in [1.165, 1.54) is 44.2 Å². The summed E-state index contributed by atoms with van der Waals surface area (Å²) in [5, 5.41) is 0. The Morgan fingerprint density at radius 1 is 1.30 bits per heavy atom. The lowest BCUT2D eigenvalue weighted by atomic mass is 9.85. The highest BCUT2D eigenvalue weighted by Crippen LogP contribution is 2.40. The normalized spacial score (nSPS) is 25.1. The molecule has 0 spiro atoms. The van der Waals surface area contributed by atoms with E-state index in [4.69, 9.17) is 10.5 Å². The molecule has 0 aliphatic carbocycles. The molecule has 1 aliphatic heterocycles. The highest BCUT2D eigenvalue weighted by atomic mass is 19.1. The molecule has 3 heteroatoms. The highest BCUT2D eigenvalue weighted by molar-refractivity contribution is 5.39. The average Bonchev–Trinajstić information content (AvgIpc) is 2.39. The van der Waals surface area contributed by atoms with Crippen LogP contribution in [0.25, 0.3) is 0 Å². The van der Waals surface area contributed by atoms with Crippen LogP contribution in [0, 0.1) is 5.82 Å². The Morgan fingerprint density at radius 3 is 2.80 bits per heavy atom. The van der Waals surface area contributed by atoms with Crippen LogP contribution in [0.5, 0.6) is 5.75 Å². The number of nitrogens with two attached hydrogens (primary N) is 1. The summed E-state index contributed by atoms with van der Waals surface area (Å²) in [5.74, 6) is 0.507. The van der Waals surface area contributed by atoms with Crippen molar-refractivity contribution >= 4 is 0 Å². The molecule has 0 fully saturated rings. The second-order valence-corrected chi connectivity index (χ2v) is 6.21. The zero-order valence-corrected chi connectivity index (χ0v) is 12.6. The molecule has 0 saturated heterocycles. The van der Waals surface area contributed by atoms with Gasteiger partial charge >= 0.3 is 0 Å². The van der Waals surface area contributed by atoms with Crippen LogP contribution in [0.2, 0.25) is 0 Å². The van der Waals surface area contributed by atoms with E-state index in [0.29, 0.717) is 0 Å². The van der Waals surface area contributed by atoms with Gasteiger partial charge in [-0.05, 0) is 38.0 Å². The average molecular weight is 279 g/mol. The van der Waals surface area contributed by atoms with E-state index in [0.717, 1.165) is 24.2 Å². The molecule has 2 nitrogen and oxygen atoms in total. The van der Waals surface area contributed by atoms with Crippen molar-refractivity contribution in [2.75, 3.05) is 0 Å². The fourth-order valence-corrected chi connectivity index (χ4v) is 3.04. The number of hydrogen-bond acceptors (Lipinski definition) is 2. The van der Waals surface area contributed by atoms with E-state index < -0.39 is 0 Å². The summed E-state index contributed by atoms with van der Waals surface area (Å²) in [7, 11) is 0. The summed E-state index contributed by atoms with van der Waals surface area (Å²) < 4.78 is 19.4. The maximum absolute atomic E-state index is 13.3. The van der Waals surface area contributed by atoms with Crippen molar-refractivity contribution in [2.24, 2.45) is 5.73 Å². The summed E-state index contributed by atoms with van der Waals surface area (Å²) >= 11 is 0. The third-order valence-corrected chi connectivity index (χ3v) is 4.19. The van der Waals surface area contributed by atoms with Crippen molar-refractivity contribution in [3.05, 3.63) is 29.6 Å². The number of ether oxygens (including phenoxy) is 1. The van der Waals surface area contributed by atoms with Gasteiger partial charge < -0.3 is 10.5 Å². The monoisotopic (exact) mass is 279 g/mol. The Kier molecular flexibility index (Phi) is 5.03. The standard InChI is InChI=1S/C17H26FNO/c1-3-4-5-6-7-10-17(2)12-15(19)14-11-13(18)8-9-16(14)20-17/h8-9,11,15H,3-7,10,12,19H2,1-2H3. The molecule has 0 radical (unpaired) electrons. The first-order chi connectivity index (χ1) is 9.54. The van der Waals surface area contributed by atoms with E-state index in [-0.39, 0.29) is 17.5 Å². The zero-order chi connectivity index (χ0) is 14.6. The third-order valence-electron chi connectivity index (χ3n) is 4.19. The molecule has 0 bridgehead atoms. The second kappa shape index (κ2) is 6.57. The van der Waals surface area contributed by atoms with Gasteiger partial charge in [0.1, 0.15) is 17.2 Å². The van der Waals surface area contributed by atoms with E-state index in [1.807, 2.05) is 0 Å². The minimum atomic E-state index is -0.244. The van der Waals surface area contributed by atoms with E-state index >= 15 is 0 Å². The maximum Gasteiger partial charge on any atom is 0.125 e. The van der Waals surface area contributed by atoms with Crippen LogP contribution >= 0.6 is 0 Å². The van der Waals surface area contributed by atoms with Crippen LogP contribution in [-0.4, -0.2) is 5.60 Å². The molecule has 112 valence electrons. The molecule has 2 atom stereocenters. The summed E-state index contributed by atoms with van der Waals surface area (Å²) in [4.78, 5) is 0. The first kappa shape index (κ1) is 15.3. The van der Waals surface area contributed by atoms with Gasteiger partial charge in [0.05, 0.1) is 0 Å². The van der Waals surface area contributed by atoms with Gasteiger partial charge in [-0.25, -0.2) is 4.39 Å². The first-order valence-corrected chi connectivity index (χ1v) is 7.78. The molecule has 0 aromatic heterocycles. The Bertz CT molecular complexity index is 449. The Balaban J connectivity index is 1.96. The van der Waals surface area contributed by atoms with Gasteiger partial charge in [-0.1, -0.05) is 32.6 Å². The quantitative estimate of drug-likeness (QED) is 0.764. The Labute approximate surface area is 121 Å². The molecule has 1 aromatic carbocycles. The number of unbranched alkanes of at least 4 members (excludes halogenated alkanes) is 4. The van der Waals surface area contributed by atoms with Crippen LogP contribution in [-0.2, 0) is 0 Å². The zero-order valence-electron chi connectivity index (χ0n) is 12.6. The smallest absolute Gasteiger partial charge is 0.125 e. The van der Waals surface area contributed by atoms with Crippen LogP contribution in [0.15, 0.2) is 18.2 Å². The van der Waals surface area contributed by atoms with Gasteiger partial charge in [-0.3, -0.25) is 0 Å². The molecular weight excluding hydrogens is 253 g/mol. The summed E-state index contributed by atoms with van der Waals surface area (Å²) in [6, 6.07) is 4.52. The number of fused-ring (bicyclic) bond motifs is 1. The second-order valence-electron chi connectivity index (χ2n) is 6.21. The van der Waals surface area contributed by atoms with Gasteiger partial charge in [0, 0.05) is 18.0 Å². The van der Waals surface area contributed by atoms with Gasteiger partial charge in [0.2, 0.25) is 0 Å². The molecule has 0 amide bonds. The molecule has 1 heterocycles. The number of rotatable bonds is 6. The van der Waals surface area contributed by atoms with E-state index in [9.17, 15) is 4.39 Å². The minimum absolute atomic E-state index is 0.130. The SMILES string of the molecule is CCCCCCCC1(C)CC(N)c2cc(F)ccc2O1. The van der Waals surface area contributed by atoms with Crippen molar-refractivity contribution in [3.8, 4) is 5.75 Å². The van der Waals surface area contributed by atoms with Gasteiger partial charge in [-0.2, -0.15) is 0 Å². The lowest BCUT2D eigenvalue weighted by Gasteiger charge is -2.39. The van der Waals surface area contributed by atoms with Crippen LogP contribution in [0.3, 0.4) is 0 Å². The molecule has 20 heavy (non-hydrogen) atoms. The third kappa shape index (κ3) is 3.72. The fourth-order valence-electron chi connectivity index (χ4n) is 3.04. The number of hydrogen-bond donors (Lipinski definition) is 1. The highest BCUT2D eigenvalue weighted by Gasteiger charge is 2.35. The van der Waals surface area contributed by atoms with Gasteiger partial charge in [-0.15, -0.1) is 0 Å². The van der Waals surface area contributed by atoms with Crippen molar-refractivity contribution < 1.29 is 9.13 Å². The largest absolute Gasteiger partial charge is 0.487 e.